The summed E-state index contributed by atoms with van der Waals surface area (Å²) in [5, 5.41) is 10.1. The number of aliphatic carboxylic acids is 1. The molecule has 2 N–H and O–H groups in total. The molecule has 1 unspecified atom stereocenters. The van der Waals surface area contributed by atoms with Crippen molar-refractivity contribution >= 4 is 22.8 Å². The van der Waals surface area contributed by atoms with E-state index in [9.17, 15) is 9.59 Å². The van der Waals surface area contributed by atoms with Crippen molar-refractivity contribution in [2.45, 2.75) is 32.6 Å². The van der Waals surface area contributed by atoms with Gasteiger partial charge in [-0.25, -0.2) is 0 Å². The average molecular weight is 314 g/mol. The van der Waals surface area contributed by atoms with Gasteiger partial charge in [0, 0.05) is 24.0 Å². The molecule has 1 aliphatic rings. The molecule has 1 saturated heterocycles. The second kappa shape index (κ2) is 5.41. The maximum Gasteiger partial charge on any atom is 0.308 e. The third-order valence-corrected chi connectivity index (χ3v) is 4.54. The fourth-order valence-electron chi connectivity index (χ4n) is 3.03. The standard InChI is InChI=1S/C18H22N2O3/c1-18(2,3)13-5-4-11-8-15(19-14(11)9-13)16(21)20-7-6-12(10-20)17(22)23/h4-5,8-9,12,19H,6-7,10H2,1-3H3,(H,22,23). The molecule has 1 aromatic carbocycles. The Hall–Kier alpha value is -2.30. The second-order valence-electron chi connectivity index (χ2n) is 7.31. The van der Waals surface area contributed by atoms with E-state index in [2.05, 4.69) is 37.9 Å². The van der Waals surface area contributed by atoms with Crippen molar-refractivity contribution in [3.05, 3.63) is 35.5 Å². The summed E-state index contributed by atoms with van der Waals surface area (Å²) < 4.78 is 0. The van der Waals surface area contributed by atoms with Crippen LogP contribution in [-0.2, 0) is 10.2 Å². The molecule has 2 heterocycles. The van der Waals surface area contributed by atoms with Crippen LogP contribution in [0.5, 0.6) is 0 Å². The summed E-state index contributed by atoms with van der Waals surface area (Å²) in [6, 6.07) is 8.03. The first kappa shape index (κ1) is 15.6. The Morgan fingerprint density at radius 1 is 1.26 bits per heavy atom. The fourth-order valence-corrected chi connectivity index (χ4v) is 3.03. The maximum absolute atomic E-state index is 12.6. The molecule has 2 aromatic rings. The number of carboxylic acids is 1. The number of carboxylic acid groups (broad SMARTS) is 1. The smallest absolute Gasteiger partial charge is 0.308 e. The summed E-state index contributed by atoms with van der Waals surface area (Å²) >= 11 is 0. The summed E-state index contributed by atoms with van der Waals surface area (Å²) in [4.78, 5) is 28.4. The number of H-pyrrole nitrogens is 1. The zero-order chi connectivity index (χ0) is 16.8. The van der Waals surface area contributed by atoms with E-state index in [1.807, 2.05) is 12.1 Å². The minimum Gasteiger partial charge on any atom is -0.481 e. The summed E-state index contributed by atoms with van der Waals surface area (Å²) in [6.07, 6.45) is 0.523. The van der Waals surface area contributed by atoms with Gasteiger partial charge in [0.1, 0.15) is 5.69 Å². The Kier molecular flexibility index (Phi) is 3.66. The van der Waals surface area contributed by atoms with Gasteiger partial charge in [-0.2, -0.15) is 0 Å². The van der Waals surface area contributed by atoms with Gasteiger partial charge in [0.05, 0.1) is 5.92 Å². The first-order valence-electron chi connectivity index (χ1n) is 7.91. The highest BCUT2D eigenvalue weighted by Gasteiger charge is 2.31. The molecule has 23 heavy (non-hydrogen) atoms. The molecule has 1 amide bonds. The Morgan fingerprint density at radius 2 is 2.00 bits per heavy atom. The number of carbonyl (C=O) groups excluding carboxylic acids is 1. The van der Waals surface area contributed by atoms with E-state index in [1.165, 1.54) is 5.56 Å². The van der Waals surface area contributed by atoms with Gasteiger partial charge in [0.2, 0.25) is 0 Å². The molecular formula is C18H22N2O3. The zero-order valence-electron chi connectivity index (χ0n) is 13.7. The summed E-state index contributed by atoms with van der Waals surface area (Å²) in [5.41, 5.74) is 2.72. The van der Waals surface area contributed by atoms with Crippen LogP contribution < -0.4 is 0 Å². The average Bonchev–Trinajstić information content (AvgIpc) is 3.11. The van der Waals surface area contributed by atoms with Crippen LogP contribution in [0, 0.1) is 5.92 Å². The number of benzene rings is 1. The number of aromatic amines is 1. The number of hydrogen-bond acceptors (Lipinski definition) is 2. The number of carbonyl (C=O) groups is 2. The van der Waals surface area contributed by atoms with Crippen LogP contribution in [0.2, 0.25) is 0 Å². The topological polar surface area (TPSA) is 73.4 Å². The molecule has 1 atom stereocenters. The van der Waals surface area contributed by atoms with Crippen LogP contribution in [0.15, 0.2) is 24.3 Å². The van der Waals surface area contributed by atoms with E-state index < -0.39 is 11.9 Å². The van der Waals surface area contributed by atoms with Gasteiger partial charge in [-0.15, -0.1) is 0 Å². The number of likely N-dealkylation sites (tertiary alicyclic amines) is 1. The van der Waals surface area contributed by atoms with Gasteiger partial charge in [0.15, 0.2) is 0 Å². The lowest BCUT2D eigenvalue weighted by Gasteiger charge is -2.18. The third kappa shape index (κ3) is 2.96. The van der Waals surface area contributed by atoms with Gasteiger partial charge < -0.3 is 15.0 Å². The number of nitrogens with zero attached hydrogens (tertiary/aromatic N) is 1. The van der Waals surface area contributed by atoms with Crippen molar-refractivity contribution in [3.63, 3.8) is 0 Å². The SMILES string of the molecule is CC(C)(C)c1ccc2cc(C(=O)N3CCC(C(=O)O)C3)[nH]c2c1. The number of amides is 1. The Balaban J connectivity index is 1.86. The highest BCUT2D eigenvalue weighted by atomic mass is 16.4. The summed E-state index contributed by atoms with van der Waals surface area (Å²) in [6.45, 7) is 7.24. The first-order chi connectivity index (χ1) is 10.8. The molecule has 122 valence electrons. The molecule has 5 nitrogen and oxygen atoms in total. The molecule has 0 saturated carbocycles. The number of rotatable bonds is 2. The van der Waals surface area contributed by atoms with Gasteiger partial charge in [0.25, 0.3) is 5.91 Å². The lowest BCUT2D eigenvalue weighted by Crippen LogP contribution is -2.30. The molecular weight excluding hydrogens is 292 g/mol. The quantitative estimate of drug-likeness (QED) is 0.895. The van der Waals surface area contributed by atoms with Crippen molar-refractivity contribution in [2.24, 2.45) is 5.92 Å². The van der Waals surface area contributed by atoms with Gasteiger partial charge >= 0.3 is 5.97 Å². The molecule has 0 spiro atoms. The van der Waals surface area contributed by atoms with Crippen molar-refractivity contribution in [1.29, 1.82) is 0 Å². The molecule has 0 aliphatic carbocycles. The summed E-state index contributed by atoms with van der Waals surface area (Å²) in [7, 11) is 0. The number of nitrogens with one attached hydrogen (secondary N) is 1. The number of aromatic nitrogens is 1. The molecule has 1 fully saturated rings. The van der Waals surface area contributed by atoms with Crippen LogP contribution in [0.25, 0.3) is 10.9 Å². The second-order valence-corrected chi connectivity index (χ2v) is 7.31. The van der Waals surface area contributed by atoms with Crippen LogP contribution in [0.1, 0.15) is 43.2 Å². The predicted molar refractivity (Wildman–Crippen MR) is 88.6 cm³/mol. The fraction of sp³-hybridized carbons (Fsp3) is 0.444. The van der Waals surface area contributed by atoms with E-state index in [4.69, 9.17) is 5.11 Å². The molecule has 1 aromatic heterocycles. The monoisotopic (exact) mass is 314 g/mol. The summed E-state index contributed by atoms with van der Waals surface area (Å²) in [5.74, 6) is -1.40. The van der Waals surface area contributed by atoms with Crippen molar-refractivity contribution < 1.29 is 14.7 Å². The number of hydrogen-bond donors (Lipinski definition) is 2. The van der Waals surface area contributed by atoms with Gasteiger partial charge in [-0.3, -0.25) is 9.59 Å². The van der Waals surface area contributed by atoms with Crippen LogP contribution >= 0.6 is 0 Å². The van der Waals surface area contributed by atoms with Crippen molar-refractivity contribution in [2.75, 3.05) is 13.1 Å². The van der Waals surface area contributed by atoms with E-state index in [0.717, 1.165) is 10.9 Å². The van der Waals surface area contributed by atoms with E-state index in [1.54, 1.807) is 4.90 Å². The Bertz CT molecular complexity index is 770. The maximum atomic E-state index is 12.6. The first-order valence-corrected chi connectivity index (χ1v) is 7.91. The number of fused-ring (bicyclic) bond motifs is 1. The molecule has 1 aliphatic heterocycles. The highest BCUT2D eigenvalue weighted by molar-refractivity contribution is 5.98. The minimum atomic E-state index is -0.827. The zero-order valence-corrected chi connectivity index (χ0v) is 13.7. The van der Waals surface area contributed by atoms with Crippen LogP contribution in [0.3, 0.4) is 0 Å². The normalized spacial score (nSPS) is 18.6. The van der Waals surface area contributed by atoms with Crippen LogP contribution in [0.4, 0.5) is 0 Å². The van der Waals surface area contributed by atoms with Gasteiger partial charge in [-0.1, -0.05) is 32.9 Å². The van der Waals surface area contributed by atoms with Crippen LogP contribution in [-0.4, -0.2) is 40.0 Å². The molecule has 0 bridgehead atoms. The largest absolute Gasteiger partial charge is 0.481 e. The van der Waals surface area contributed by atoms with E-state index in [-0.39, 0.29) is 17.9 Å². The van der Waals surface area contributed by atoms with Crippen molar-refractivity contribution in [3.8, 4) is 0 Å². The Morgan fingerprint density at radius 3 is 2.61 bits per heavy atom. The molecule has 5 heteroatoms. The van der Waals surface area contributed by atoms with E-state index in [0.29, 0.717) is 18.7 Å². The molecule has 3 rings (SSSR count). The minimum absolute atomic E-state index is 0.0487. The van der Waals surface area contributed by atoms with Gasteiger partial charge in [-0.05, 0) is 29.5 Å². The predicted octanol–water partition coefficient (Wildman–Crippen LogP) is 3.01. The third-order valence-electron chi connectivity index (χ3n) is 4.54. The lowest BCUT2D eigenvalue weighted by atomic mass is 9.87. The lowest BCUT2D eigenvalue weighted by molar-refractivity contribution is -0.141. The Labute approximate surface area is 135 Å². The van der Waals surface area contributed by atoms with E-state index >= 15 is 0 Å². The molecule has 0 radical (unpaired) electrons. The highest BCUT2D eigenvalue weighted by Crippen LogP contribution is 2.27. The van der Waals surface area contributed by atoms with Crippen molar-refractivity contribution in [1.82, 2.24) is 9.88 Å².